The third kappa shape index (κ3) is 34.2. The number of unbranched alkanes of at least 4 members (excludes halogenated alkanes) is 4. The Balaban J connectivity index is 0.000000177. The SMILES string of the molecule is C/C=C/CCc1ccc(-c2ccc(C)cc2)cc1.C=CCCc1ccc(-c2ccc(C)cc2)cc1.CCCCCc1ccc(-c2ccc(C)cc2)cc1.CCCCCc1ccc(-c2ccc(C=O)cc2)cc1.CCCc1ccc(-c2ccc(C)cc2)cc1.CCCc1ccc(-c2ccc(C=O)cc2)cc1.CCCc1ccc(-c2ccc(CC)cc2)cc1. The third-order valence-corrected chi connectivity index (χ3v) is 21.9. The van der Waals surface area contributed by atoms with E-state index in [9.17, 15) is 9.59 Å². The van der Waals surface area contributed by atoms with E-state index in [-0.39, 0.29) is 0 Å². The van der Waals surface area contributed by atoms with Crippen LogP contribution in [0.5, 0.6) is 0 Å². The van der Waals surface area contributed by atoms with Crippen molar-refractivity contribution in [3.8, 4) is 77.9 Å². The van der Waals surface area contributed by atoms with Gasteiger partial charge in [-0.2, -0.15) is 0 Å². The third-order valence-electron chi connectivity index (χ3n) is 21.9. The van der Waals surface area contributed by atoms with Crippen molar-refractivity contribution in [2.45, 2.75) is 198 Å². The quantitative estimate of drug-likeness (QED) is 0.0255. The van der Waals surface area contributed by atoms with Gasteiger partial charge < -0.3 is 0 Å². The van der Waals surface area contributed by atoms with Crippen LogP contribution in [0.1, 0.15) is 207 Å². The van der Waals surface area contributed by atoms with Crippen molar-refractivity contribution >= 4 is 12.6 Å². The molecule has 0 unspecified atom stereocenters. The van der Waals surface area contributed by atoms with Gasteiger partial charge in [-0.3, -0.25) is 9.59 Å². The standard InChI is InChI=1S/C18H20O.C18H22.C18H20.C17H18.C17H20.C16H16O.C16H18/c1-2-3-4-5-15-6-10-17(11-7-15)18-12-8-16(14-19)9-13-18;2*1-3-4-5-6-16-9-13-18(14-10-16)17-11-7-15(2)8-12-17;1-3-4-5-15-8-12-17(13-9-15)16-10-6-14(2)7-11-16;1-3-5-15-8-12-17(13-9-15)16-10-6-14(4-2)7-11-16;1-2-3-13-4-8-15(9-5-13)16-10-6-14(12-17)7-11-16;1-3-4-14-7-11-16(12-8-14)15-9-5-13(2)6-10-15/h6-14H,2-5H2,1H3;7-14H,3-6H2,1-2H3;3-4,7-14H,5-6H2,1-2H3;3,6-13H,1,4-5H2,2H3;6-13H,3-5H2,1-2H3;4-12H,2-3H2,1H3;5-12H,3-4H2,1-2H3/b;;4-3+;;;;. The van der Waals surface area contributed by atoms with Gasteiger partial charge in [-0.15, -0.1) is 6.58 Å². The van der Waals surface area contributed by atoms with Crippen LogP contribution in [0.15, 0.2) is 365 Å². The highest BCUT2D eigenvalue weighted by Gasteiger charge is 2.07. The molecular weight excluding hydrogens is 1470 g/mol. The van der Waals surface area contributed by atoms with Crippen molar-refractivity contribution in [1.29, 1.82) is 0 Å². The van der Waals surface area contributed by atoms with Crippen molar-refractivity contribution in [1.82, 2.24) is 0 Å². The Labute approximate surface area is 735 Å². The minimum absolute atomic E-state index is 0.719. The van der Waals surface area contributed by atoms with Gasteiger partial charge in [0, 0.05) is 11.1 Å². The van der Waals surface area contributed by atoms with Gasteiger partial charge in [-0.05, 0) is 234 Å². The number of rotatable bonds is 30. The maximum atomic E-state index is 10.6. The molecule has 122 heavy (non-hydrogen) atoms. The van der Waals surface area contributed by atoms with Crippen molar-refractivity contribution in [3.63, 3.8) is 0 Å². The fourth-order valence-electron chi connectivity index (χ4n) is 14.2. The van der Waals surface area contributed by atoms with E-state index in [0.717, 1.165) is 79.8 Å². The summed E-state index contributed by atoms with van der Waals surface area (Å²) in [5, 5.41) is 0. The summed E-state index contributed by atoms with van der Waals surface area (Å²) in [7, 11) is 0. The number of benzene rings is 14. The van der Waals surface area contributed by atoms with Crippen molar-refractivity contribution in [2.75, 3.05) is 0 Å². The molecule has 0 fully saturated rings. The second kappa shape index (κ2) is 54.9. The van der Waals surface area contributed by atoms with Gasteiger partial charge in [0.1, 0.15) is 12.6 Å². The molecule has 0 aliphatic heterocycles. The number of hydrogen-bond donors (Lipinski definition) is 0. The summed E-state index contributed by atoms with van der Waals surface area (Å²) in [6, 6.07) is 121. The topological polar surface area (TPSA) is 34.1 Å². The van der Waals surface area contributed by atoms with Gasteiger partial charge in [0.05, 0.1) is 0 Å². The Morgan fingerprint density at radius 1 is 0.213 bits per heavy atom. The number of aryl methyl sites for hydroxylation is 12. The molecule has 0 radical (unpaired) electrons. The van der Waals surface area contributed by atoms with E-state index in [0.29, 0.717) is 0 Å². The van der Waals surface area contributed by atoms with Gasteiger partial charge in [0.2, 0.25) is 0 Å². The largest absolute Gasteiger partial charge is 0.298 e. The molecule has 0 heterocycles. The molecule has 0 aliphatic carbocycles. The normalized spacial score (nSPS) is 10.5. The highest BCUT2D eigenvalue weighted by molar-refractivity contribution is 5.78. The summed E-state index contributed by atoms with van der Waals surface area (Å²) in [5.41, 5.74) is 35.7. The van der Waals surface area contributed by atoms with Gasteiger partial charge in [-0.25, -0.2) is 0 Å². The average Bonchev–Trinajstić information content (AvgIpc) is 0.902. The van der Waals surface area contributed by atoms with Crippen LogP contribution in [0.4, 0.5) is 0 Å². The summed E-state index contributed by atoms with van der Waals surface area (Å²) in [6.07, 6.45) is 30.7. The fourth-order valence-corrected chi connectivity index (χ4v) is 14.2. The first-order chi connectivity index (χ1) is 59.7. The second-order valence-corrected chi connectivity index (χ2v) is 32.0. The average molecular weight is 1610 g/mol. The minimum atomic E-state index is 0.719. The summed E-state index contributed by atoms with van der Waals surface area (Å²) in [5.74, 6) is 0. The molecule has 14 aromatic rings. The molecule has 0 bridgehead atoms. The van der Waals surface area contributed by atoms with Crippen molar-refractivity contribution < 1.29 is 9.59 Å². The highest BCUT2D eigenvalue weighted by Crippen LogP contribution is 2.29. The predicted molar refractivity (Wildman–Crippen MR) is 532 cm³/mol. The zero-order valence-electron chi connectivity index (χ0n) is 75.2. The predicted octanol–water partition coefficient (Wildman–Crippen LogP) is 33.8. The Morgan fingerprint density at radius 3 is 0.590 bits per heavy atom. The molecule has 0 N–H and O–H groups in total. The maximum absolute atomic E-state index is 10.6. The molecule has 2 heteroatoms. The Morgan fingerprint density at radius 2 is 0.402 bits per heavy atom. The fraction of sp³-hybridized carbons (Fsp3) is 0.250. The lowest BCUT2D eigenvalue weighted by atomic mass is 10.0. The van der Waals surface area contributed by atoms with E-state index in [1.165, 1.54) is 211 Å². The van der Waals surface area contributed by atoms with E-state index < -0.39 is 0 Å². The lowest BCUT2D eigenvalue weighted by Gasteiger charge is -2.05. The monoisotopic (exact) mass is 1610 g/mol. The van der Waals surface area contributed by atoms with Crippen LogP contribution in [0.2, 0.25) is 0 Å². The molecule has 0 spiro atoms. The Hall–Kier alpha value is -12.1. The lowest BCUT2D eigenvalue weighted by Crippen LogP contribution is -1.86. The molecule has 0 saturated carbocycles. The van der Waals surface area contributed by atoms with Crippen LogP contribution in [-0.2, 0) is 51.4 Å². The first kappa shape index (κ1) is 95.4. The van der Waals surface area contributed by atoms with Gasteiger partial charge in [0.25, 0.3) is 0 Å². The molecule has 0 amide bonds. The van der Waals surface area contributed by atoms with E-state index in [4.69, 9.17) is 0 Å². The van der Waals surface area contributed by atoms with E-state index in [2.05, 4.69) is 386 Å². The summed E-state index contributed by atoms with van der Waals surface area (Å²) >= 11 is 0. The number of allylic oxidation sites excluding steroid dienone is 3. The molecule has 14 rings (SSSR count). The molecule has 0 saturated heterocycles. The highest BCUT2D eigenvalue weighted by atomic mass is 16.1. The summed E-state index contributed by atoms with van der Waals surface area (Å²) in [4.78, 5) is 21.2. The number of aldehydes is 2. The van der Waals surface area contributed by atoms with E-state index in [1.54, 1.807) is 0 Å². The molecule has 2 nitrogen and oxygen atoms in total. The van der Waals surface area contributed by atoms with E-state index in [1.807, 2.05) is 54.6 Å². The van der Waals surface area contributed by atoms with Crippen LogP contribution in [0.25, 0.3) is 77.9 Å². The smallest absolute Gasteiger partial charge is 0.150 e. The molecule has 626 valence electrons. The minimum Gasteiger partial charge on any atom is -0.298 e. The van der Waals surface area contributed by atoms with Gasteiger partial charge >= 0.3 is 0 Å². The van der Waals surface area contributed by atoms with Gasteiger partial charge in [-0.1, -0.05) is 467 Å². The Bertz CT molecular complexity index is 5210. The van der Waals surface area contributed by atoms with E-state index >= 15 is 0 Å². The number of hydrogen-bond acceptors (Lipinski definition) is 2. The molecule has 0 aliphatic rings. The van der Waals surface area contributed by atoms with Crippen molar-refractivity contribution in [3.05, 3.63) is 442 Å². The zero-order chi connectivity index (χ0) is 86.7. The molecular formula is C120H134O2. The summed E-state index contributed by atoms with van der Waals surface area (Å²) in [6.45, 7) is 27.6. The summed E-state index contributed by atoms with van der Waals surface area (Å²) < 4.78 is 0. The van der Waals surface area contributed by atoms with Crippen LogP contribution in [-0.4, -0.2) is 12.6 Å². The van der Waals surface area contributed by atoms with Crippen LogP contribution in [0, 0.1) is 27.7 Å². The second-order valence-electron chi connectivity index (χ2n) is 32.0. The van der Waals surface area contributed by atoms with Gasteiger partial charge in [0.15, 0.2) is 0 Å². The molecule has 0 atom stereocenters. The number of carbonyl (C=O) groups excluding carboxylic acids is 2. The zero-order valence-corrected chi connectivity index (χ0v) is 75.2. The van der Waals surface area contributed by atoms with Crippen LogP contribution in [0.3, 0.4) is 0 Å². The van der Waals surface area contributed by atoms with Crippen LogP contribution >= 0.6 is 0 Å². The maximum Gasteiger partial charge on any atom is 0.150 e. The first-order valence-electron chi connectivity index (χ1n) is 45.0. The molecule has 14 aromatic carbocycles. The first-order valence-corrected chi connectivity index (χ1v) is 45.0. The molecule has 0 aromatic heterocycles. The lowest BCUT2D eigenvalue weighted by molar-refractivity contribution is 0.111. The van der Waals surface area contributed by atoms with Crippen LogP contribution < -0.4 is 0 Å². The van der Waals surface area contributed by atoms with Crippen molar-refractivity contribution in [2.24, 2.45) is 0 Å². The Kier molecular flexibility index (Phi) is 43.0. The number of carbonyl (C=O) groups is 2.